The molecule has 150 valence electrons. The van der Waals surface area contributed by atoms with Crippen LogP contribution in [-0.2, 0) is 6.54 Å². The molecule has 0 radical (unpaired) electrons. The van der Waals surface area contributed by atoms with Gasteiger partial charge in [-0.15, -0.1) is 0 Å². The molecule has 0 saturated carbocycles. The van der Waals surface area contributed by atoms with Crippen LogP contribution < -0.4 is 14.8 Å². The largest absolute Gasteiger partial charge is 0.490 e. The summed E-state index contributed by atoms with van der Waals surface area (Å²) in [5, 5.41) is 3.57. The Bertz CT molecular complexity index is 457. The van der Waals surface area contributed by atoms with E-state index in [1.165, 1.54) is 57.3 Å². The highest BCUT2D eigenvalue weighted by atomic mass is 16.5. The number of hydrogen-bond donors (Lipinski definition) is 1. The Morgan fingerprint density at radius 2 is 1.42 bits per heavy atom. The Hall–Kier alpha value is -1.26. The Morgan fingerprint density at radius 3 is 2.04 bits per heavy atom. The van der Waals surface area contributed by atoms with E-state index in [2.05, 4.69) is 36.2 Å². The molecule has 0 aliphatic carbocycles. The quantitative estimate of drug-likeness (QED) is 0.425. The first kappa shape index (κ1) is 22.8. The van der Waals surface area contributed by atoms with Crippen molar-refractivity contribution in [3.05, 3.63) is 23.8 Å². The molecule has 1 aromatic rings. The summed E-state index contributed by atoms with van der Waals surface area (Å²) in [5.41, 5.74) is 1.24. The van der Waals surface area contributed by atoms with Gasteiger partial charge in [-0.2, -0.15) is 0 Å². The van der Waals surface area contributed by atoms with Crippen LogP contribution in [0.3, 0.4) is 0 Å². The van der Waals surface area contributed by atoms with E-state index in [-0.39, 0.29) is 0 Å². The Kier molecular flexibility index (Phi) is 13.0. The Labute approximate surface area is 161 Å². The molecule has 0 atom stereocenters. The van der Waals surface area contributed by atoms with Gasteiger partial charge in [0, 0.05) is 6.54 Å². The van der Waals surface area contributed by atoms with Gasteiger partial charge in [0.05, 0.1) is 13.2 Å². The van der Waals surface area contributed by atoms with Gasteiger partial charge in [0.2, 0.25) is 0 Å². The Morgan fingerprint density at radius 1 is 0.808 bits per heavy atom. The van der Waals surface area contributed by atoms with Crippen molar-refractivity contribution < 1.29 is 9.47 Å². The van der Waals surface area contributed by atoms with E-state index in [4.69, 9.17) is 9.47 Å². The summed E-state index contributed by atoms with van der Waals surface area (Å²) in [6.45, 7) is 15.5. The number of nitrogens with one attached hydrogen (secondary N) is 1. The van der Waals surface area contributed by atoms with Gasteiger partial charge in [-0.3, -0.25) is 0 Å². The summed E-state index contributed by atoms with van der Waals surface area (Å²) < 4.78 is 11.3. The minimum Gasteiger partial charge on any atom is -0.490 e. The maximum atomic E-state index is 5.70. The smallest absolute Gasteiger partial charge is 0.161 e. The van der Waals surface area contributed by atoms with Gasteiger partial charge < -0.3 is 19.7 Å². The van der Waals surface area contributed by atoms with Gasteiger partial charge in [0.15, 0.2) is 11.5 Å². The lowest BCUT2D eigenvalue weighted by molar-refractivity contribution is 0.261. The zero-order valence-corrected chi connectivity index (χ0v) is 17.5. The monoisotopic (exact) mass is 364 g/mol. The molecule has 0 heterocycles. The molecular formula is C22H40N2O2. The molecule has 1 rings (SSSR count). The molecule has 0 aliphatic rings. The van der Waals surface area contributed by atoms with Crippen molar-refractivity contribution in [3.63, 3.8) is 0 Å². The van der Waals surface area contributed by atoms with Crippen molar-refractivity contribution in [1.29, 1.82) is 0 Å². The van der Waals surface area contributed by atoms with Crippen LogP contribution in [0.1, 0.15) is 65.4 Å². The van der Waals surface area contributed by atoms with E-state index in [0.29, 0.717) is 13.2 Å². The van der Waals surface area contributed by atoms with E-state index in [1.807, 2.05) is 19.9 Å². The summed E-state index contributed by atoms with van der Waals surface area (Å²) in [7, 11) is 0. The number of hydrogen-bond acceptors (Lipinski definition) is 4. The second kappa shape index (κ2) is 14.9. The predicted octanol–water partition coefficient (Wildman–Crippen LogP) is 4.87. The van der Waals surface area contributed by atoms with Crippen LogP contribution >= 0.6 is 0 Å². The van der Waals surface area contributed by atoms with Gasteiger partial charge in [-0.05, 0) is 77.0 Å². The van der Waals surface area contributed by atoms with Gasteiger partial charge in [0.25, 0.3) is 0 Å². The molecule has 1 aromatic carbocycles. The maximum Gasteiger partial charge on any atom is 0.161 e. The average Bonchev–Trinajstić information content (AvgIpc) is 2.65. The highest BCUT2D eigenvalue weighted by Gasteiger charge is 2.06. The maximum absolute atomic E-state index is 5.70. The normalized spacial score (nSPS) is 11.1. The van der Waals surface area contributed by atoms with Crippen molar-refractivity contribution in [2.24, 2.45) is 0 Å². The number of unbranched alkanes of at least 4 members (excludes halogenated alkanes) is 2. The fourth-order valence-corrected chi connectivity index (χ4v) is 2.96. The molecule has 4 nitrogen and oxygen atoms in total. The molecule has 0 aliphatic heterocycles. The van der Waals surface area contributed by atoms with Crippen molar-refractivity contribution in [2.45, 2.75) is 66.3 Å². The van der Waals surface area contributed by atoms with Crippen LogP contribution in [0, 0.1) is 0 Å². The molecule has 0 unspecified atom stereocenters. The van der Waals surface area contributed by atoms with Crippen LogP contribution in [-0.4, -0.2) is 44.3 Å². The lowest BCUT2D eigenvalue weighted by Crippen LogP contribution is -2.29. The second-order valence-electron chi connectivity index (χ2n) is 6.73. The third kappa shape index (κ3) is 9.44. The summed E-state index contributed by atoms with van der Waals surface area (Å²) in [6, 6.07) is 6.23. The van der Waals surface area contributed by atoms with Crippen molar-refractivity contribution in [3.8, 4) is 11.5 Å². The minimum absolute atomic E-state index is 0.655. The zero-order chi connectivity index (χ0) is 19.0. The summed E-state index contributed by atoms with van der Waals surface area (Å²) in [5.74, 6) is 1.68. The molecule has 0 saturated heterocycles. The topological polar surface area (TPSA) is 33.7 Å². The molecule has 0 bridgehead atoms. The van der Waals surface area contributed by atoms with E-state index in [0.717, 1.165) is 24.6 Å². The molecule has 0 spiro atoms. The number of benzene rings is 1. The van der Waals surface area contributed by atoms with E-state index in [9.17, 15) is 0 Å². The average molecular weight is 365 g/mol. The molecular weight excluding hydrogens is 324 g/mol. The van der Waals surface area contributed by atoms with Gasteiger partial charge in [0.1, 0.15) is 0 Å². The first-order chi connectivity index (χ1) is 12.7. The minimum atomic E-state index is 0.655. The van der Waals surface area contributed by atoms with Crippen molar-refractivity contribution in [1.82, 2.24) is 10.2 Å². The second-order valence-corrected chi connectivity index (χ2v) is 6.73. The summed E-state index contributed by atoms with van der Waals surface area (Å²) >= 11 is 0. The van der Waals surface area contributed by atoms with Crippen LogP contribution in [0.15, 0.2) is 18.2 Å². The molecule has 26 heavy (non-hydrogen) atoms. The van der Waals surface area contributed by atoms with Crippen LogP contribution in [0.25, 0.3) is 0 Å². The number of ether oxygens (including phenoxy) is 2. The number of nitrogens with zero attached hydrogens (tertiary/aromatic N) is 1. The van der Waals surface area contributed by atoms with E-state index in [1.54, 1.807) is 0 Å². The fourth-order valence-electron chi connectivity index (χ4n) is 2.96. The van der Waals surface area contributed by atoms with E-state index >= 15 is 0 Å². The lowest BCUT2D eigenvalue weighted by atomic mass is 10.2. The van der Waals surface area contributed by atoms with Gasteiger partial charge in [-0.1, -0.05) is 32.8 Å². The zero-order valence-electron chi connectivity index (χ0n) is 17.5. The fraction of sp³-hybridized carbons (Fsp3) is 0.727. The highest BCUT2D eigenvalue weighted by molar-refractivity contribution is 5.43. The predicted molar refractivity (Wildman–Crippen MR) is 111 cm³/mol. The SMILES string of the molecule is CCCCN(CCCC)CCCNCc1ccc(OCC)c(OCC)c1. The molecule has 0 fully saturated rings. The van der Waals surface area contributed by atoms with E-state index < -0.39 is 0 Å². The molecule has 4 heteroatoms. The van der Waals surface area contributed by atoms with Crippen LogP contribution in [0.2, 0.25) is 0 Å². The van der Waals surface area contributed by atoms with Crippen molar-refractivity contribution in [2.75, 3.05) is 39.4 Å². The summed E-state index contributed by atoms with van der Waals surface area (Å²) in [6.07, 6.45) is 6.37. The standard InChI is InChI=1S/C22H40N2O2/c1-5-9-15-24(16-10-6-2)17-11-14-23-19-20-12-13-21(25-7-3)22(18-20)26-8-4/h12-13,18,23H,5-11,14-17,19H2,1-4H3. The number of rotatable bonds is 16. The highest BCUT2D eigenvalue weighted by Crippen LogP contribution is 2.28. The third-order valence-corrected chi connectivity index (χ3v) is 4.42. The molecule has 1 N–H and O–H groups in total. The molecule has 0 aromatic heterocycles. The lowest BCUT2D eigenvalue weighted by Gasteiger charge is -2.22. The van der Waals surface area contributed by atoms with Gasteiger partial charge in [-0.25, -0.2) is 0 Å². The Balaban J connectivity index is 2.36. The third-order valence-electron chi connectivity index (χ3n) is 4.42. The first-order valence-electron chi connectivity index (χ1n) is 10.6. The molecule has 0 amide bonds. The van der Waals surface area contributed by atoms with Crippen LogP contribution in [0.4, 0.5) is 0 Å². The van der Waals surface area contributed by atoms with Crippen LogP contribution in [0.5, 0.6) is 11.5 Å². The summed E-state index contributed by atoms with van der Waals surface area (Å²) in [4.78, 5) is 2.62. The first-order valence-corrected chi connectivity index (χ1v) is 10.6. The van der Waals surface area contributed by atoms with Gasteiger partial charge >= 0.3 is 0 Å². The van der Waals surface area contributed by atoms with Crippen molar-refractivity contribution >= 4 is 0 Å².